The molecular weight excluding hydrogens is 300 g/mol. The van der Waals surface area contributed by atoms with Gasteiger partial charge in [-0.25, -0.2) is 0 Å². The molecular formula is C17H25BrO. The van der Waals surface area contributed by atoms with Gasteiger partial charge in [0.05, 0.1) is 7.11 Å². The zero-order valence-electron chi connectivity index (χ0n) is 12.4. The maximum absolute atomic E-state index is 5.25. The average molecular weight is 325 g/mol. The van der Waals surface area contributed by atoms with Crippen molar-refractivity contribution in [2.24, 2.45) is 11.8 Å². The molecule has 0 radical (unpaired) electrons. The molecule has 1 saturated carbocycles. The molecule has 3 atom stereocenters. The van der Waals surface area contributed by atoms with Gasteiger partial charge in [0.15, 0.2) is 0 Å². The average Bonchev–Trinajstić information content (AvgIpc) is 2.38. The molecule has 1 aliphatic carbocycles. The quantitative estimate of drug-likeness (QED) is 0.697. The van der Waals surface area contributed by atoms with Crippen LogP contribution in [0.5, 0.6) is 5.75 Å². The number of ether oxygens (including phenoxy) is 1. The fraction of sp³-hybridized carbons (Fsp3) is 0.647. The molecule has 1 aromatic carbocycles. The predicted molar refractivity (Wildman–Crippen MR) is 85.2 cm³/mol. The summed E-state index contributed by atoms with van der Waals surface area (Å²) in [6, 6.07) is 8.59. The third kappa shape index (κ3) is 3.16. The molecule has 0 spiro atoms. The molecule has 0 heterocycles. The van der Waals surface area contributed by atoms with Crippen molar-refractivity contribution in [1.82, 2.24) is 0 Å². The van der Waals surface area contributed by atoms with E-state index in [2.05, 4.69) is 61.0 Å². The minimum atomic E-state index is 0.209. The molecule has 1 fully saturated rings. The Labute approximate surface area is 125 Å². The van der Waals surface area contributed by atoms with Crippen molar-refractivity contribution in [3.05, 3.63) is 29.8 Å². The van der Waals surface area contributed by atoms with Crippen LogP contribution in [0.4, 0.5) is 0 Å². The Hall–Kier alpha value is -0.500. The summed E-state index contributed by atoms with van der Waals surface area (Å²) >= 11 is 3.93. The van der Waals surface area contributed by atoms with E-state index in [1.807, 2.05) is 0 Å². The number of halogens is 1. The molecule has 19 heavy (non-hydrogen) atoms. The molecule has 0 N–H and O–H groups in total. The van der Waals surface area contributed by atoms with E-state index in [9.17, 15) is 0 Å². The Morgan fingerprint density at radius 3 is 2.32 bits per heavy atom. The van der Waals surface area contributed by atoms with E-state index in [-0.39, 0.29) is 5.41 Å². The second-order valence-corrected chi connectivity index (χ2v) is 7.67. The predicted octanol–water partition coefficient (Wildman–Crippen LogP) is 5.17. The Bertz CT molecular complexity index is 410. The van der Waals surface area contributed by atoms with E-state index in [1.165, 1.54) is 24.8 Å². The normalized spacial score (nSPS) is 28.2. The summed E-state index contributed by atoms with van der Waals surface area (Å²) in [6.45, 7) is 7.12. The lowest BCUT2D eigenvalue weighted by Crippen LogP contribution is -2.38. The number of benzene rings is 1. The van der Waals surface area contributed by atoms with Gasteiger partial charge in [-0.3, -0.25) is 0 Å². The number of methoxy groups -OCH3 is 1. The third-order valence-electron chi connectivity index (χ3n) is 4.80. The highest BCUT2D eigenvalue weighted by atomic mass is 79.9. The van der Waals surface area contributed by atoms with E-state index in [0.717, 1.165) is 11.7 Å². The van der Waals surface area contributed by atoms with Crippen LogP contribution in [0.2, 0.25) is 0 Å². The Morgan fingerprint density at radius 1 is 1.16 bits per heavy atom. The lowest BCUT2D eigenvalue weighted by atomic mass is 9.66. The van der Waals surface area contributed by atoms with Gasteiger partial charge in [0.25, 0.3) is 0 Å². The van der Waals surface area contributed by atoms with Crippen molar-refractivity contribution in [3.63, 3.8) is 0 Å². The van der Waals surface area contributed by atoms with Gasteiger partial charge in [-0.05, 0) is 47.8 Å². The molecule has 0 aromatic heterocycles. The van der Waals surface area contributed by atoms with Gasteiger partial charge >= 0.3 is 0 Å². The van der Waals surface area contributed by atoms with Gasteiger partial charge in [0.2, 0.25) is 0 Å². The first-order valence-corrected chi connectivity index (χ1v) is 8.15. The van der Waals surface area contributed by atoms with E-state index in [0.29, 0.717) is 10.7 Å². The summed E-state index contributed by atoms with van der Waals surface area (Å²) in [5, 5.41) is 0. The summed E-state index contributed by atoms with van der Waals surface area (Å²) in [7, 11) is 1.72. The van der Waals surface area contributed by atoms with Crippen LogP contribution in [0.1, 0.15) is 45.6 Å². The largest absolute Gasteiger partial charge is 0.497 e. The number of hydrogen-bond donors (Lipinski definition) is 0. The first-order valence-electron chi connectivity index (χ1n) is 7.23. The maximum Gasteiger partial charge on any atom is 0.118 e. The van der Waals surface area contributed by atoms with Crippen molar-refractivity contribution >= 4 is 15.9 Å². The Morgan fingerprint density at radius 2 is 1.79 bits per heavy atom. The van der Waals surface area contributed by atoms with Crippen LogP contribution in [0.25, 0.3) is 0 Å². The van der Waals surface area contributed by atoms with Crippen molar-refractivity contribution in [3.8, 4) is 5.75 Å². The summed E-state index contributed by atoms with van der Waals surface area (Å²) in [5.41, 5.74) is 1.62. The van der Waals surface area contributed by atoms with Crippen LogP contribution in [0.15, 0.2) is 24.3 Å². The molecule has 0 aliphatic heterocycles. The Kier molecular flexibility index (Phi) is 4.60. The van der Waals surface area contributed by atoms with E-state index in [1.54, 1.807) is 7.11 Å². The van der Waals surface area contributed by atoms with Gasteiger partial charge in [0, 0.05) is 4.83 Å². The molecule has 0 bridgehead atoms. The fourth-order valence-electron chi connectivity index (χ4n) is 3.36. The minimum Gasteiger partial charge on any atom is -0.497 e. The summed E-state index contributed by atoms with van der Waals surface area (Å²) in [5.74, 6) is 2.50. The molecule has 2 heteroatoms. The molecule has 0 saturated heterocycles. The van der Waals surface area contributed by atoms with Gasteiger partial charge < -0.3 is 4.74 Å². The van der Waals surface area contributed by atoms with Crippen LogP contribution in [-0.2, 0) is 5.41 Å². The smallest absolute Gasteiger partial charge is 0.118 e. The van der Waals surface area contributed by atoms with E-state index < -0.39 is 0 Å². The van der Waals surface area contributed by atoms with E-state index >= 15 is 0 Å². The first kappa shape index (κ1) is 14.9. The fourth-order valence-corrected chi connectivity index (χ4v) is 4.92. The monoisotopic (exact) mass is 324 g/mol. The van der Waals surface area contributed by atoms with Crippen LogP contribution in [0, 0.1) is 11.8 Å². The van der Waals surface area contributed by atoms with Crippen LogP contribution >= 0.6 is 15.9 Å². The van der Waals surface area contributed by atoms with Crippen LogP contribution in [-0.4, -0.2) is 11.9 Å². The molecule has 106 valence electrons. The number of rotatable bonds is 3. The Balaban J connectivity index is 2.20. The lowest BCUT2D eigenvalue weighted by Gasteiger charge is -2.42. The second kappa shape index (κ2) is 5.87. The minimum absolute atomic E-state index is 0.209. The van der Waals surface area contributed by atoms with Crippen LogP contribution < -0.4 is 4.74 Å². The summed E-state index contributed by atoms with van der Waals surface area (Å²) in [6.07, 6.45) is 3.96. The third-order valence-corrected chi connectivity index (χ3v) is 5.81. The van der Waals surface area contributed by atoms with Crippen molar-refractivity contribution < 1.29 is 4.74 Å². The topological polar surface area (TPSA) is 9.23 Å². The molecule has 3 unspecified atom stereocenters. The number of alkyl halides is 1. The highest BCUT2D eigenvalue weighted by Gasteiger charge is 2.38. The van der Waals surface area contributed by atoms with Gasteiger partial charge in [-0.15, -0.1) is 0 Å². The number of hydrogen-bond acceptors (Lipinski definition) is 1. The molecule has 1 aliphatic rings. The van der Waals surface area contributed by atoms with Crippen molar-refractivity contribution in [2.45, 2.75) is 50.3 Å². The lowest BCUT2D eigenvalue weighted by molar-refractivity contribution is 0.214. The maximum atomic E-state index is 5.25. The molecule has 1 nitrogen and oxygen atoms in total. The van der Waals surface area contributed by atoms with E-state index in [4.69, 9.17) is 4.74 Å². The van der Waals surface area contributed by atoms with Crippen LogP contribution in [0.3, 0.4) is 0 Å². The SMILES string of the molecule is COc1ccc(C(C)(C)C2CCC(C)CC2Br)cc1. The van der Waals surface area contributed by atoms with Crippen molar-refractivity contribution in [2.75, 3.05) is 7.11 Å². The summed E-state index contributed by atoms with van der Waals surface area (Å²) in [4.78, 5) is 0.633. The van der Waals surface area contributed by atoms with Gasteiger partial charge in [0.1, 0.15) is 5.75 Å². The molecule has 1 aromatic rings. The highest BCUT2D eigenvalue weighted by Crippen LogP contribution is 2.45. The zero-order valence-corrected chi connectivity index (χ0v) is 14.0. The molecule has 0 amide bonds. The zero-order chi connectivity index (χ0) is 14.0. The highest BCUT2D eigenvalue weighted by molar-refractivity contribution is 9.09. The van der Waals surface area contributed by atoms with Gasteiger partial charge in [-0.1, -0.05) is 55.3 Å². The summed E-state index contributed by atoms with van der Waals surface area (Å²) < 4.78 is 5.25. The molecule has 2 rings (SSSR count). The van der Waals surface area contributed by atoms with Gasteiger partial charge in [-0.2, -0.15) is 0 Å². The van der Waals surface area contributed by atoms with Crippen molar-refractivity contribution in [1.29, 1.82) is 0 Å². The first-order chi connectivity index (χ1) is 8.95. The standard InChI is InChI=1S/C17H25BrO/c1-12-5-10-15(16(18)11-12)17(2,3)13-6-8-14(19-4)9-7-13/h6-9,12,15-16H,5,10-11H2,1-4H3. The second-order valence-electron chi connectivity index (χ2n) is 6.49.